The molecule has 0 fully saturated rings. The summed E-state index contributed by atoms with van der Waals surface area (Å²) >= 11 is 1.44. The third kappa shape index (κ3) is 3.25. The van der Waals surface area contributed by atoms with Crippen LogP contribution in [-0.4, -0.2) is 28.1 Å². The Morgan fingerprint density at radius 3 is 2.56 bits per heavy atom. The highest BCUT2D eigenvalue weighted by Gasteiger charge is 2.42. The lowest BCUT2D eigenvalue weighted by molar-refractivity contribution is 0.222. The fourth-order valence-electron chi connectivity index (χ4n) is 4.59. The second-order valence-corrected chi connectivity index (χ2v) is 8.79. The van der Waals surface area contributed by atoms with Crippen molar-refractivity contribution in [1.82, 2.24) is 14.8 Å². The largest absolute Gasteiger partial charge is 0.497 e. The Morgan fingerprint density at radius 1 is 1.03 bits per heavy atom. The molecule has 8 heteroatoms. The number of fused-ring (bicyclic) bond motifs is 3. The highest BCUT2D eigenvalue weighted by Crippen LogP contribution is 2.51. The summed E-state index contributed by atoms with van der Waals surface area (Å²) in [4.78, 5) is 4.65. The number of halogens is 1. The topological polar surface area (TPSA) is 61.2 Å². The normalized spacial score (nSPS) is 18.3. The maximum absolute atomic E-state index is 15.3. The van der Waals surface area contributed by atoms with E-state index in [1.54, 1.807) is 23.9 Å². The molecule has 0 spiro atoms. The maximum atomic E-state index is 15.3. The molecule has 2 aliphatic heterocycles. The van der Waals surface area contributed by atoms with Gasteiger partial charge in [-0.05, 0) is 42.2 Å². The SMILES string of the molecule is COc1ccc([C@H]2Oc3ccccc3C3=C2[C@@H](c2ccccc2F)n2nc(SC)nc2N3)cc1. The Morgan fingerprint density at radius 2 is 1.79 bits per heavy atom. The molecule has 3 heterocycles. The number of rotatable bonds is 4. The minimum absolute atomic E-state index is 0.305. The molecule has 34 heavy (non-hydrogen) atoms. The van der Waals surface area contributed by atoms with Crippen LogP contribution in [0, 0.1) is 5.82 Å². The molecular formula is C26H21FN4O2S. The number of thioether (sulfide) groups is 1. The molecule has 3 aromatic carbocycles. The number of methoxy groups -OCH3 is 1. The Kier molecular flexibility index (Phi) is 5.03. The molecule has 2 aliphatic rings. The van der Waals surface area contributed by atoms with E-state index in [1.807, 2.05) is 60.9 Å². The van der Waals surface area contributed by atoms with Crippen LogP contribution in [0.25, 0.3) is 5.70 Å². The number of anilines is 1. The molecule has 170 valence electrons. The van der Waals surface area contributed by atoms with Crippen LogP contribution in [0.2, 0.25) is 0 Å². The van der Waals surface area contributed by atoms with E-state index in [0.29, 0.717) is 16.7 Å². The lowest BCUT2D eigenvalue weighted by atomic mass is 9.84. The summed E-state index contributed by atoms with van der Waals surface area (Å²) in [7, 11) is 1.64. The lowest BCUT2D eigenvalue weighted by Crippen LogP contribution is -2.32. The van der Waals surface area contributed by atoms with Crippen LogP contribution in [0.1, 0.15) is 28.8 Å². The maximum Gasteiger partial charge on any atom is 0.227 e. The predicted octanol–water partition coefficient (Wildman–Crippen LogP) is 5.71. The molecule has 1 aromatic heterocycles. The van der Waals surface area contributed by atoms with Crippen molar-refractivity contribution in [2.45, 2.75) is 17.3 Å². The fourth-order valence-corrected chi connectivity index (χ4v) is 4.94. The van der Waals surface area contributed by atoms with Gasteiger partial charge in [0.25, 0.3) is 0 Å². The molecule has 0 amide bonds. The zero-order chi connectivity index (χ0) is 23.2. The van der Waals surface area contributed by atoms with Gasteiger partial charge < -0.3 is 14.8 Å². The molecule has 0 unspecified atom stereocenters. The van der Waals surface area contributed by atoms with Gasteiger partial charge in [-0.25, -0.2) is 9.07 Å². The van der Waals surface area contributed by atoms with Gasteiger partial charge in [0, 0.05) is 16.7 Å². The van der Waals surface area contributed by atoms with E-state index in [2.05, 4.69) is 10.3 Å². The standard InChI is InChI=1S/C26H21FN4O2S/c1-32-16-13-11-15(12-14-16)24-21-22(18-8-4-6-10-20(18)33-24)28-25-29-26(34-2)30-31(25)23(21)17-7-3-5-9-19(17)27/h3-14,23-24H,1-2H3,(H,28,29,30)/t23-,24-/m1/s1. The molecule has 6 rings (SSSR count). The number of nitrogens with zero attached hydrogens (tertiary/aromatic N) is 3. The first-order valence-electron chi connectivity index (χ1n) is 10.8. The number of ether oxygens (including phenoxy) is 2. The van der Waals surface area contributed by atoms with Crippen molar-refractivity contribution in [2.75, 3.05) is 18.7 Å². The molecule has 4 aromatic rings. The molecule has 0 bridgehead atoms. The van der Waals surface area contributed by atoms with Crippen molar-refractivity contribution in [3.05, 3.63) is 101 Å². The van der Waals surface area contributed by atoms with E-state index in [4.69, 9.17) is 14.6 Å². The van der Waals surface area contributed by atoms with Gasteiger partial charge >= 0.3 is 0 Å². The zero-order valence-corrected chi connectivity index (χ0v) is 19.3. The second-order valence-electron chi connectivity index (χ2n) is 8.01. The first-order valence-corrected chi connectivity index (χ1v) is 12.1. The van der Waals surface area contributed by atoms with Crippen LogP contribution in [0.4, 0.5) is 10.3 Å². The Bertz CT molecular complexity index is 1420. The van der Waals surface area contributed by atoms with Gasteiger partial charge in [-0.3, -0.25) is 0 Å². The van der Waals surface area contributed by atoms with Crippen molar-refractivity contribution in [1.29, 1.82) is 0 Å². The highest BCUT2D eigenvalue weighted by molar-refractivity contribution is 7.98. The minimum Gasteiger partial charge on any atom is -0.497 e. The van der Waals surface area contributed by atoms with Crippen LogP contribution in [-0.2, 0) is 0 Å². The van der Waals surface area contributed by atoms with Gasteiger partial charge in [0.2, 0.25) is 11.1 Å². The van der Waals surface area contributed by atoms with E-state index < -0.39 is 12.1 Å². The summed E-state index contributed by atoms with van der Waals surface area (Å²) in [5, 5.41) is 8.79. The number of hydrogen-bond acceptors (Lipinski definition) is 6. The van der Waals surface area contributed by atoms with Crippen LogP contribution in [0.15, 0.2) is 83.5 Å². The van der Waals surface area contributed by atoms with Crippen LogP contribution in [0.3, 0.4) is 0 Å². The van der Waals surface area contributed by atoms with Gasteiger partial charge in [0.1, 0.15) is 29.5 Å². The molecule has 0 saturated heterocycles. The summed E-state index contributed by atoms with van der Waals surface area (Å²) in [6.07, 6.45) is 1.45. The summed E-state index contributed by atoms with van der Waals surface area (Å²) in [6.45, 7) is 0. The summed E-state index contributed by atoms with van der Waals surface area (Å²) in [5.41, 5.74) is 4.09. The monoisotopic (exact) mass is 472 g/mol. The third-order valence-corrected chi connectivity index (χ3v) is 6.70. The minimum atomic E-state index is -0.540. The van der Waals surface area contributed by atoms with E-state index in [0.717, 1.165) is 33.9 Å². The highest BCUT2D eigenvalue weighted by atomic mass is 32.2. The summed E-state index contributed by atoms with van der Waals surface area (Å²) < 4.78 is 29.0. The van der Waals surface area contributed by atoms with E-state index in [9.17, 15) is 0 Å². The third-order valence-electron chi connectivity index (χ3n) is 6.16. The average Bonchev–Trinajstić information content (AvgIpc) is 3.30. The smallest absolute Gasteiger partial charge is 0.227 e. The summed E-state index contributed by atoms with van der Waals surface area (Å²) in [5.74, 6) is 1.77. The lowest BCUT2D eigenvalue weighted by Gasteiger charge is -2.39. The van der Waals surface area contributed by atoms with Crippen molar-refractivity contribution >= 4 is 23.4 Å². The van der Waals surface area contributed by atoms with Gasteiger partial charge in [-0.2, -0.15) is 4.98 Å². The van der Waals surface area contributed by atoms with Gasteiger partial charge in [-0.1, -0.05) is 54.2 Å². The van der Waals surface area contributed by atoms with Crippen LogP contribution in [0.5, 0.6) is 11.5 Å². The number of hydrogen-bond donors (Lipinski definition) is 1. The molecule has 1 N–H and O–H groups in total. The van der Waals surface area contributed by atoms with Crippen molar-refractivity contribution in [3.63, 3.8) is 0 Å². The van der Waals surface area contributed by atoms with Crippen molar-refractivity contribution in [3.8, 4) is 11.5 Å². The van der Waals surface area contributed by atoms with Crippen LogP contribution >= 0.6 is 11.8 Å². The summed E-state index contributed by atoms with van der Waals surface area (Å²) in [6, 6.07) is 21.9. The first-order chi connectivity index (χ1) is 16.7. The van der Waals surface area contributed by atoms with E-state index in [-0.39, 0.29) is 5.82 Å². The number of aromatic nitrogens is 3. The first kappa shape index (κ1) is 20.8. The predicted molar refractivity (Wildman–Crippen MR) is 130 cm³/mol. The second kappa shape index (κ2) is 8.22. The Balaban J connectivity index is 1.62. The molecule has 0 radical (unpaired) electrons. The Labute approximate surface area is 200 Å². The zero-order valence-electron chi connectivity index (χ0n) is 18.5. The van der Waals surface area contributed by atoms with Crippen molar-refractivity contribution in [2.24, 2.45) is 0 Å². The van der Waals surface area contributed by atoms with Gasteiger partial charge in [0.05, 0.1) is 12.8 Å². The number of benzene rings is 3. The number of nitrogens with one attached hydrogen (secondary N) is 1. The van der Waals surface area contributed by atoms with Crippen LogP contribution < -0.4 is 14.8 Å². The molecule has 2 atom stereocenters. The average molecular weight is 473 g/mol. The van der Waals surface area contributed by atoms with E-state index in [1.165, 1.54) is 17.8 Å². The quantitative estimate of drug-likeness (QED) is 0.384. The van der Waals surface area contributed by atoms with Gasteiger partial charge in [-0.15, -0.1) is 5.10 Å². The Hall–Kier alpha value is -3.78. The molecule has 6 nitrogen and oxygen atoms in total. The molecule has 0 saturated carbocycles. The number of para-hydroxylation sites is 1. The van der Waals surface area contributed by atoms with E-state index >= 15 is 4.39 Å². The fraction of sp³-hybridized carbons (Fsp3) is 0.154. The van der Waals surface area contributed by atoms with Gasteiger partial charge in [0.15, 0.2) is 0 Å². The molecular weight excluding hydrogens is 451 g/mol. The van der Waals surface area contributed by atoms with Crippen molar-refractivity contribution < 1.29 is 13.9 Å². The molecule has 0 aliphatic carbocycles.